The number of anilines is 1. The number of hydrogen-bond acceptors (Lipinski definition) is 5. The highest BCUT2D eigenvalue weighted by Gasteiger charge is 2.22. The molecule has 0 saturated carbocycles. The lowest BCUT2D eigenvalue weighted by molar-refractivity contribution is 0.403. The fraction of sp³-hybridized carbons (Fsp3) is 0.217. The van der Waals surface area contributed by atoms with Crippen LogP contribution >= 0.6 is 0 Å². The molecule has 0 aliphatic heterocycles. The van der Waals surface area contributed by atoms with Crippen molar-refractivity contribution in [3.05, 3.63) is 71.7 Å². The summed E-state index contributed by atoms with van der Waals surface area (Å²) in [7, 11) is -2.43. The van der Waals surface area contributed by atoms with Gasteiger partial charge in [-0.1, -0.05) is 25.1 Å². The van der Waals surface area contributed by atoms with E-state index in [0.717, 1.165) is 28.9 Å². The molecular weight excluding hydrogens is 412 g/mol. The monoisotopic (exact) mass is 436 g/mol. The molecule has 160 valence electrons. The molecule has 0 saturated heterocycles. The number of fused-ring (bicyclic) bond motifs is 1. The molecular formula is C23H24N4O3S. The molecule has 0 amide bonds. The normalized spacial score (nSPS) is 11.6. The Labute approximate surface area is 181 Å². The van der Waals surface area contributed by atoms with E-state index in [-0.39, 0.29) is 10.6 Å². The van der Waals surface area contributed by atoms with Crippen LogP contribution in [0.2, 0.25) is 0 Å². The Morgan fingerprint density at radius 1 is 1.06 bits per heavy atom. The molecule has 0 bridgehead atoms. The van der Waals surface area contributed by atoms with Gasteiger partial charge in [-0.3, -0.25) is 4.72 Å². The first-order valence-corrected chi connectivity index (χ1v) is 11.4. The van der Waals surface area contributed by atoms with Crippen molar-refractivity contribution >= 4 is 21.4 Å². The number of nitrogens with zero attached hydrogens (tertiary/aromatic N) is 3. The number of ether oxygens (including phenoxy) is 1. The second-order valence-corrected chi connectivity index (χ2v) is 9.00. The van der Waals surface area contributed by atoms with Crippen molar-refractivity contribution in [2.75, 3.05) is 11.8 Å². The molecule has 0 aliphatic rings. The molecule has 0 unspecified atom stereocenters. The number of benzene rings is 2. The fourth-order valence-electron chi connectivity index (χ4n) is 3.55. The first-order valence-electron chi connectivity index (χ1n) is 9.94. The Morgan fingerprint density at radius 2 is 1.81 bits per heavy atom. The molecule has 7 nitrogen and oxygen atoms in total. The Morgan fingerprint density at radius 3 is 2.48 bits per heavy atom. The summed E-state index contributed by atoms with van der Waals surface area (Å²) in [5, 5.41) is 4.41. The van der Waals surface area contributed by atoms with Gasteiger partial charge < -0.3 is 4.74 Å². The highest BCUT2D eigenvalue weighted by Crippen LogP contribution is 2.33. The van der Waals surface area contributed by atoms with E-state index in [9.17, 15) is 8.42 Å². The van der Waals surface area contributed by atoms with E-state index in [0.29, 0.717) is 16.9 Å². The van der Waals surface area contributed by atoms with Gasteiger partial charge in [0.1, 0.15) is 10.6 Å². The van der Waals surface area contributed by atoms with E-state index in [1.54, 1.807) is 35.0 Å². The molecule has 0 radical (unpaired) electrons. The predicted octanol–water partition coefficient (Wildman–Crippen LogP) is 4.38. The smallest absolute Gasteiger partial charge is 0.265 e. The van der Waals surface area contributed by atoms with Crippen molar-refractivity contribution < 1.29 is 13.2 Å². The third-order valence-electron chi connectivity index (χ3n) is 5.16. The van der Waals surface area contributed by atoms with Crippen LogP contribution in [0.25, 0.3) is 16.8 Å². The van der Waals surface area contributed by atoms with E-state index in [4.69, 9.17) is 4.74 Å². The first kappa shape index (κ1) is 20.9. The van der Waals surface area contributed by atoms with Crippen LogP contribution in [0.5, 0.6) is 5.75 Å². The van der Waals surface area contributed by atoms with Gasteiger partial charge in [-0.15, -0.1) is 0 Å². The first-order chi connectivity index (χ1) is 14.8. The highest BCUT2D eigenvalue weighted by molar-refractivity contribution is 7.92. The molecule has 4 aromatic rings. The third-order valence-corrected chi connectivity index (χ3v) is 6.56. The van der Waals surface area contributed by atoms with Crippen molar-refractivity contribution in [3.8, 4) is 16.9 Å². The SMILES string of the molecule is CCc1ccc(NS(=O)(=O)c2cc(-c3cnn4c(C)cc(C)nc34)ccc2OC)cc1. The summed E-state index contributed by atoms with van der Waals surface area (Å²) in [5.41, 5.74) is 5.56. The molecule has 31 heavy (non-hydrogen) atoms. The third kappa shape index (κ3) is 3.98. The number of aromatic nitrogens is 3. The molecule has 2 aromatic heterocycles. The lowest BCUT2D eigenvalue weighted by atomic mass is 10.1. The van der Waals surface area contributed by atoms with Gasteiger partial charge in [0.15, 0.2) is 5.65 Å². The van der Waals surface area contributed by atoms with Gasteiger partial charge in [-0.25, -0.2) is 17.9 Å². The van der Waals surface area contributed by atoms with Crippen molar-refractivity contribution in [3.63, 3.8) is 0 Å². The van der Waals surface area contributed by atoms with Crippen LogP contribution in [0.15, 0.2) is 59.6 Å². The number of aryl methyl sites for hydroxylation is 3. The van der Waals surface area contributed by atoms with E-state index < -0.39 is 10.0 Å². The Balaban J connectivity index is 1.79. The maximum absolute atomic E-state index is 13.2. The summed E-state index contributed by atoms with van der Waals surface area (Å²) in [4.78, 5) is 4.65. The Bertz CT molecular complexity index is 1360. The van der Waals surface area contributed by atoms with Crippen molar-refractivity contribution in [1.29, 1.82) is 0 Å². The minimum absolute atomic E-state index is 0.0517. The number of sulfonamides is 1. The quantitative estimate of drug-likeness (QED) is 0.485. The lowest BCUT2D eigenvalue weighted by Gasteiger charge is -2.13. The van der Waals surface area contributed by atoms with Crippen LogP contribution < -0.4 is 9.46 Å². The zero-order chi connectivity index (χ0) is 22.2. The molecule has 4 rings (SSSR count). The number of rotatable bonds is 6. The summed E-state index contributed by atoms with van der Waals surface area (Å²) >= 11 is 0. The van der Waals surface area contributed by atoms with Crippen molar-refractivity contribution in [2.24, 2.45) is 0 Å². The standard InChI is InChI=1S/C23H24N4O3S/c1-5-17-6-9-19(10-7-17)26-31(28,29)22-13-18(8-11-21(22)30-4)20-14-24-27-16(3)12-15(2)25-23(20)27/h6-14,26H,5H2,1-4H3. The van der Waals surface area contributed by atoms with Crippen molar-refractivity contribution in [2.45, 2.75) is 32.1 Å². The summed E-state index contributed by atoms with van der Waals surface area (Å²) in [6.45, 7) is 5.92. The van der Waals surface area contributed by atoms with Crippen LogP contribution in [-0.4, -0.2) is 30.1 Å². The molecule has 0 aliphatic carbocycles. The fourth-order valence-corrected chi connectivity index (χ4v) is 4.80. The topological polar surface area (TPSA) is 85.6 Å². The summed E-state index contributed by atoms with van der Waals surface area (Å²) < 4.78 is 36.1. The van der Waals surface area contributed by atoms with Gasteiger partial charge in [0.2, 0.25) is 0 Å². The van der Waals surface area contributed by atoms with Gasteiger partial charge in [0.25, 0.3) is 10.0 Å². The average Bonchev–Trinajstić information content (AvgIpc) is 3.17. The summed E-state index contributed by atoms with van der Waals surface area (Å²) in [6.07, 6.45) is 2.58. The van der Waals surface area contributed by atoms with E-state index in [1.165, 1.54) is 7.11 Å². The molecule has 2 aromatic carbocycles. The van der Waals surface area contributed by atoms with E-state index in [2.05, 4.69) is 14.8 Å². The second-order valence-electron chi connectivity index (χ2n) is 7.35. The van der Waals surface area contributed by atoms with Crippen molar-refractivity contribution in [1.82, 2.24) is 14.6 Å². The van der Waals surface area contributed by atoms with E-state index >= 15 is 0 Å². The molecule has 1 N–H and O–H groups in total. The highest BCUT2D eigenvalue weighted by atomic mass is 32.2. The minimum Gasteiger partial charge on any atom is -0.495 e. The van der Waals surface area contributed by atoms with Gasteiger partial charge in [-0.2, -0.15) is 5.10 Å². The number of methoxy groups -OCH3 is 1. The van der Waals surface area contributed by atoms with Gasteiger partial charge in [0, 0.05) is 22.6 Å². The van der Waals surface area contributed by atoms with Crippen LogP contribution in [-0.2, 0) is 16.4 Å². The number of hydrogen-bond donors (Lipinski definition) is 1. The van der Waals surface area contributed by atoms with Crippen LogP contribution in [0.3, 0.4) is 0 Å². The zero-order valence-corrected chi connectivity index (χ0v) is 18.7. The van der Waals surface area contributed by atoms with Crippen LogP contribution in [0.4, 0.5) is 5.69 Å². The lowest BCUT2D eigenvalue weighted by Crippen LogP contribution is -2.14. The molecule has 2 heterocycles. The van der Waals surface area contributed by atoms with Gasteiger partial charge >= 0.3 is 0 Å². The van der Waals surface area contributed by atoms with E-state index in [1.807, 2.05) is 45.0 Å². The molecule has 8 heteroatoms. The summed E-state index contributed by atoms with van der Waals surface area (Å²) in [5.74, 6) is 0.262. The maximum atomic E-state index is 13.2. The number of nitrogens with one attached hydrogen (secondary N) is 1. The summed E-state index contributed by atoms with van der Waals surface area (Å²) in [6, 6.07) is 14.3. The molecule has 0 fully saturated rings. The second kappa shape index (κ2) is 8.03. The van der Waals surface area contributed by atoms with Gasteiger partial charge in [-0.05, 0) is 61.7 Å². The van der Waals surface area contributed by atoms with Crippen LogP contribution in [0, 0.1) is 13.8 Å². The zero-order valence-electron chi connectivity index (χ0n) is 17.9. The predicted molar refractivity (Wildman–Crippen MR) is 121 cm³/mol. The molecule has 0 spiro atoms. The largest absolute Gasteiger partial charge is 0.495 e. The average molecular weight is 437 g/mol. The van der Waals surface area contributed by atoms with Crippen LogP contribution in [0.1, 0.15) is 23.9 Å². The Hall–Kier alpha value is -3.39. The Kier molecular flexibility index (Phi) is 5.41. The van der Waals surface area contributed by atoms with Gasteiger partial charge in [0.05, 0.1) is 13.3 Å². The molecule has 0 atom stereocenters. The minimum atomic E-state index is -3.88. The maximum Gasteiger partial charge on any atom is 0.265 e.